The fourth-order valence-electron chi connectivity index (χ4n) is 2.99. The Hall–Kier alpha value is -1.55. The van der Waals surface area contributed by atoms with Gasteiger partial charge in [0.1, 0.15) is 18.4 Å². The van der Waals surface area contributed by atoms with Gasteiger partial charge in [0, 0.05) is 43.3 Å². The fraction of sp³-hybridized carbons (Fsp3) is 0.375. The third kappa shape index (κ3) is 3.44. The molecule has 8 heteroatoms. The van der Waals surface area contributed by atoms with Gasteiger partial charge in [-0.15, -0.1) is 35.3 Å². The second-order valence-electron chi connectivity index (χ2n) is 5.64. The van der Waals surface area contributed by atoms with Crippen LogP contribution in [0.5, 0.6) is 5.75 Å². The number of rotatable bonds is 2. The number of piperazine rings is 1. The van der Waals surface area contributed by atoms with Crippen LogP contribution in [0.15, 0.2) is 40.8 Å². The van der Waals surface area contributed by atoms with Crippen LogP contribution in [0.3, 0.4) is 0 Å². The highest BCUT2D eigenvalue weighted by atomic mass is 127. The van der Waals surface area contributed by atoms with E-state index in [9.17, 15) is 0 Å². The second kappa shape index (κ2) is 7.56. The summed E-state index contributed by atoms with van der Waals surface area (Å²) in [5.74, 6) is 1.52. The molecule has 0 aliphatic carbocycles. The number of fused-ring (bicyclic) bond motifs is 1. The number of halogens is 1. The van der Waals surface area contributed by atoms with Crippen LogP contribution < -0.4 is 15.4 Å². The first kappa shape index (κ1) is 17.3. The Balaban J connectivity index is 0.00000169. The summed E-state index contributed by atoms with van der Waals surface area (Å²) in [6.07, 6.45) is 1.85. The highest BCUT2D eigenvalue weighted by molar-refractivity contribution is 14.0. The maximum absolute atomic E-state index is 6.24. The van der Waals surface area contributed by atoms with Gasteiger partial charge in [0.05, 0.1) is 0 Å². The maximum atomic E-state index is 6.24. The number of anilines is 1. The van der Waals surface area contributed by atoms with E-state index in [0.29, 0.717) is 12.6 Å². The minimum atomic E-state index is 0. The van der Waals surface area contributed by atoms with Gasteiger partial charge >= 0.3 is 0 Å². The molecule has 2 aliphatic heterocycles. The molecule has 1 atom stereocenters. The zero-order chi connectivity index (χ0) is 15.6. The predicted octanol–water partition coefficient (Wildman–Crippen LogP) is 2.33. The van der Waals surface area contributed by atoms with Crippen molar-refractivity contribution in [3.63, 3.8) is 0 Å². The summed E-state index contributed by atoms with van der Waals surface area (Å²) in [5.41, 5.74) is 7.36. The first-order valence-corrected chi connectivity index (χ1v) is 8.63. The number of thiazole rings is 1. The quantitative estimate of drug-likeness (QED) is 0.426. The Kier molecular flexibility index (Phi) is 5.44. The van der Waals surface area contributed by atoms with Gasteiger partial charge in [-0.1, -0.05) is 18.2 Å². The van der Waals surface area contributed by atoms with Crippen LogP contribution in [-0.2, 0) is 0 Å². The number of guanidine groups is 1. The molecule has 3 heterocycles. The van der Waals surface area contributed by atoms with E-state index < -0.39 is 0 Å². The first-order chi connectivity index (χ1) is 11.3. The summed E-state index contributed by atoms with van der Waals surface area (Å²) in [7, 11) is 0. The average Bonchev–Trinajstić information content (AvgIpc) is 3.25. The summed E-state index contributed by atoms with van der Waals surface area (Å²) < 4.78 is 5.67. The standard InChI is InChI=1S/C16H19N5OS.HI/c17-15(19-13-11-22-14-4-2-1-3-12(13)14)20-6-8-21(9-7-20)16-18-5-10-23-16;/h1-5,10,13H,6-9,11H2,(H2,17,19);1H. The molecule has 1 aromatic carbocycles. The molecule has 4 rings (SSSR count). The van der Waals surface area contributed by atoms with Gasteiger partial charge in [-0.3, -0.25) is 0 Å². The average molecular weight is 457 g/mol. The minimum Gasteiger partial charge on any atom is -0.491 e. The van der Waals surface area contributed by atoms with Crippen LogP contribution in [0.2, 0.25) is 0 Å². The van der Waals surface area contributed by atoms with Crippen LogP contribution in [0.4, 0.5) is 5.13 Å². The van der Waals surface area contributed by atoms with Crippen molar-refractivity contribution in [2.24, 2.45) is 10.7 Å². The minimum absolute atomic E-state index is 0. The van der Waals surface area contributed by atoms with Gasteiger partial charge in [0.2, 0.25) is 0 Å². The molecule has 0 spiro atoms. The number of benzene rings is 1. The number of aliphatic imine (C=N–C) groups is 1. The molecule has 24 heavy (non-hydrogen) atoms. The van der Waals surface area contributed by atoms with E-state index >= 15 is 0 Å². The van der Waals surface area contributed by atoms with Crippen molar-refractivity contribution in [3.05, 3.63) is 41.4 Å². The van der Waals surface area contributed by atoms with Gasteiger partial charge in [-0.2, -0.15) is 0 Å². The van der Waals surface area contributed by atoms with Crippen LogP contribution in [0.25, 0.3) is 0 Å². The third-order valence-corrected chi connectivity index (χ3v) is 5.09. The lowest BCUT2D eigenvalue weighted by Gasteiger charge is -2.35. The van der Waals surface area contributed by atoms with E-state index in [0.717, 1.165) is 42.6 Å². The van der Waals surface area contributed by atoms with Gasteiger partial charge < -0.3 is 20.3 Å². The summed E-state index contributed by atoms with van der Waals surface area (Å²) >= 11 is 1.68. The number of ether oxygens (including phenoxy) is 1. The van der Waals surface area contributed by atoms with Crippen molar-refractivity contribution in [2.45, 2.75) is 6.04 Å². The van der Waals surface area contributed by atoms with E-state index in [1.54, 1.807) is 11.3 Å². The Morgan fingerprint density at radius 2 is 2.04 bits per heavy atom. The molecular formula is C16H20IN5OS. The molecule has 0 radical (unpaired) electrons. The SMILES string of the molecule is I.NC(=NC1COc2ccccc21)N1CCN(c2nccs2)CC1. The normalized spacial score (nSPS) is 20.3. The molecule has 2 aromatic rings. The van der Waals surface area contributed by atoms with Gasteiger partial charge in [-0.05, 0) is 6.07 Å². The fourth-order valence-corrected chi connectivity index (χ4v) is 3.69. The molecule has 2 aliphatic rings. The Morgan fingerprint density at radius 3 is 2.79 bits per heavy atom. The van der Waals surface area contributed by atoms with Crippen LogP contribution in [0.1, 0.15) is 11.6 Å². The number of para-hydroxylation sites is 1. The van der Waals surface area contributed by atoms with E-state index in [1.165, 1.54) is 0 Å². The van der Waals surface area contributed by atoms with Gasteiger partial charge in [0.15, 0.2) is 11.1 Å². The highest BCUT2D eigenvalue weighted by Crippen LogP contribution is 2.34. The molecule has 1 unspecified atom stereocenters. The Labute approximate surface area is 162 Å². The van der Waals surface area contributed by atoms with Crippen LogP contribution in [0, 0.1) is 0 Å². The molecule has 2 N–H and O–H groups in total. The molecule has 6 nitrogen and oxygen atoms in total. The molecule has 0 amide bonds. The van der Waals surface area contributed by atoms with Gasteiger partial charge in [0.25, 0.3) is 0 Å². The molecule has 1 aromatic heterocycles. The lowest BCUT2D eigenvalue weighted by Crippen LogP contribution is -2.51. The van der Waals surface area contributed by atoms with E-state index in [-0.39, 0.29) is 30.0 Å². The number of nitrogens with zero attached hydrogens (tertiary/aromatic N) is 4. The summed E-state index contributed by atoms with van der Waals surface area (Å²) in [6.45, 7) is 4.14. The van der Waals surface area contributed by atoms with Crippen LogP contribution >= 0.6 is 35.3 Å². The monoisotopic (exact) mass is 457 g/mol. The lowest BCUT2D eigenvalue weighted by atomic mass is 10.1. The Bertz CT molecular complexity index is 700. The molecule has 128 valence electrons. The summed E-state index contributed by atoms with van der Waals surface area (Å²) in [6, 6.07) is 8.03. The topological polar surface area (TPSA) is 67.0 Å². The number of nitrogens with two attached hydrogens (primary N) is 1. The highest BCUT2D eigenvalue weighted by Gasteiger charge is 2.25. The molecule has 0 bridgehead atoms. The Morgan fingerprint density at radius 1 is 1.25 bits per heavy atom. The zero-order valence-electron chi connectivity index (χ0n) is 13.2. The summed E-state index contributed by atoms with van der Waals surface area (Å²) in [5, 5.41) is 3.09. The molecular weight excluding hydrogens is 437 g/mol. The van der Waals surface area contributed by atoms with E-state index in [4.69, 9.17) is 15.5 Å². The van der Waals surface area contributed by atoms with Crippen molar-refractivity contribution in [3.8, 4) is 5.75 Å². The number of hydrogen-bond acceptors (Lipinski definition) is 5. The van der Waals surface area contributed by atoms with Crippen molar-refractivity contribution in [2.75, 3.05) is 37.7 Å². The third-order valence-electron chi connectivity index (χ3n) is 4.26. The first-order valence-electron chi connectivity index (χ1n) is 7.75. The number of hydrogen-bond donors (Lipinski definition) is 1. The zero-order valence-corrected chi connectivity index (χ0v) is 16.3. The lowest BCUT2D eigenvalue weighted by molar-refractivity contribution is 0.329. The smallest absolute Gasteiger partial charge is 0.192 e. The number of aromatic nitrogens is 1. The van der Waals surface area contributed by atoms with Crippen molar-refractivity contribution >= 4 is 46.4 Å². The maximum Gasteiger partial charge on any atom is 0.192 e. The van der Waals surface area contributed by atoms with Crippen molar-refractivity contribution in [1.82, 2.24) is 9.88 Å². The molecule has 1 fully saturated rings. The van der Waals surface area contributed by atoms with Crippen molar-refractivity contribution in [1.29, 1.82) is 0 Å². The van der Waals surface area contributed by atoms with Crippen molar-refractivity contribution < 1.29 is 4.74 Å². The second-order valence-corrected chi connectivity index (χ2v) is 6.51. The largest absolute Gasteiger partial charge is 0.491 e. The van der Waals surface area contributed by atoms with Gasteiger partial charge in [-0.25, -0.2) is 9.98 Å². The molecule has 1 saturated heterocycles. The summed E-state index contributed by atoms with van der Waals surface area (Å²) in [4.78, 5) is 13.5. The molecule has 0 saturated carbocycles. The van der Waals surface area contributed by atoms with E-state index in [2.05, 4.69) is 20.9 Å². The van der Waals surface area contributed by atoms with E-state index in [1.807, 2.05) is 29.8 Å². The predicted molar refractivity (Wildman–Crippen MR) is 108 cm³/mol. The van der Waals surface area contributed by atoms with Crippen LogP contribution in [-0.4, -0.2) is 48.6 Å².